The van der Waals surface area contributed by atoms with Gasteiger partial charge in [0.15, 0.2) is 0 Å². The lowest BCUT2D eigenvalue weighted by atomic mass is 10.2. The molecule has 2 N–H and O–H groups in total. The summed E-state index contributed by atoms with van der Waals surface area (Å²) in [7, 11) is 0. The van der Waals surface area contributed by atoms with Crippen LogP contribution in [0.1, 0.15) is 27.1 Å². The molecule has 20 heavy (non-hydrogen) atoms. The van der Waals surface area contributed by atoms with E-state index in [2.05, 4.69) is 10.2 Å². The molecular formula is C13H20N2O5. The Morgan fingerprint density at radius 1 is 1.10 bits per heavy atom. The number of hydrazine groups is 1. The van der Waals surface area contributed by atoms with Crippen molar-refractivity contribution in [2.75, 3.05) is 13.2 Å². The van der Waals surface area contributed by atoms with E-state index in [0.717, 1.165) is 0 Å². The van der Waals surface area contributed by atoms with Crippen LogP contribution in [0.5, 0.6) is 5.75 Å². The molecule has 7 heteroatoms. The zero-order valence-corrected chi connectivity index (χ0v) is 11.3. The first-order valence-electron chi connectivity index (χ1n) is 6.09. The number of benzene rings is 1. The van der Waals surface area contributed by atoms with Crippen LogP contribution < -0.4 is 15.6 Å². The Hall–Kier alpha value is -2.57. The summed E-state index contributed by atoms with van der Waals surface area (Å²) in [6.45, 7) is 3.84. The Bertz CT molecular complexity index is 511. The van der Waals surface area contributed by atoms with Gasteiger partial charge in [0.1, 0.15) is 5.75 Å². The monoisotopic (exact) mass is 284 g/mol. The lowest BCUT2D eigenvalue weighted by molar-refractivity contribution is -0.154. The first kappa shape index (κ1) is 15.5. The summed E-state index contributed by atoms with van der Waals surface area (Å²) in [4.78, 5) is 34.2. The highest BCUT2D eigenvalue weighted by Crippen LogP contribution is 2.17. The van der Waals surface area contributed by atoms with Crippen LogP contribution in [0, 0.1) is 0 Å². The maximum atomic E-state index is 11.9. The van der Waals surface area contributed by atoms with E-state index in [1.54, 1.807) is 32.0 Å². The molecule has 0 aliphatic rings. The Balaban J connectivity index is 0. The fraction of sp³-hybridized carbons (Fsp3) is 0.308. The molecule has 2 amide bonds. The number of esters is 1. The summed E-state index contributed by atoms with van der Waals surface area (Å²) >= 11 is 0. The van der Waals surface area contributed by atoms with Crippen molar-refractivity contribution in [2.24, 2.45) is 0 Å². The van der Waals surface area contributed by atoms with Gasteiger partial charge in [0.25, 0.3) is 5.91 Å². The van der Waals surface area contributed by atoms with Crippen LogP contribution in [0.15, 0.2) is 24.3 Å². The number of rotatable bonds is 4. The van der Waals surface area contributed by atoms with E-state index in [-0.39, 0.29) is 15.0 Å². The van der Waals surface area contributed by atoms with E-state index in [1.165, 1.54) is 6.07 Å². The summed E-state index contributed by atoms with van der Waals surface area (Å²) in [5.41, 5.74) is 4.33. The van der Waals surface area contributed by atoms with Crippen LogP contribution in [0.3, 0.4) is 0 Å². The quantitative estimate of drug-likeness (QED) is 0.487. The van der Waals surface area contributed by atoms with Gasteiger partial charge in [0, 0.05) is 2.85 Å². The first-order valence-corrected chi connectivity index (χ1v) is 6.09. The molecule has 0 bridgehead atoms. The first-order chi connectivity index (χ1) is 9.60. The van der Waals surface area contributed by atoms with Gasteiger partial charge in [-0.25, -0.2) is 4.79 Å². The molecule has 0 atom stereocenters. The maximum Gasteiger partial charge on any atom is 0.398 e. The molecule has 0 aliphatic heterocycles. The number of para-hydroxylation sites is 1. The van der Waals surface area contributed by atoms with Gasteiger partial charge in [0.2, 0.25) is 0 Å². The van der Waals surface area contributed by atoms with Crippen LogP contribution in [0.2, 0.25) is 0 Å². The highest BCUT2D eigenvalue weighted by molar-refractivity contribution is 6.32. The third-order valence-corrected chi connectivity index (χ3v) is 2.18. The second kappa shape index (κ2) is 7.78. The van der Waals surface area contributed by atoms with E-state index in [9.17, 15) is 14.4 Å². The fourth-order valence-corrected chi connectivity index (χ4v) is 1.36. The van der Waals surface area contributed by atoms with Gasteiger partial charge in [-0.05, 0) is 26.0 Å². The van der Waals surface area contributed by atoms with Gasteiger partial charge in [-0.15, -0.1) is 0 Å². The number of carbonyl (C=O) groups excluding carboxylic acids is 3. The molecule has 0 spiro atoms. The van der Waals surface area contributed by atoms with Gasteiger partial charge in [0.05, 0.1) is 18.8 Å². The summed E-state index contributed by atoms with van der Waals surface area (Å²) in [6, 6.07) is 6.55. The van der Waals surface area contributed by atoms with Crippen LogP contribution in [-0.2, 0) is 14.3 Å². The Kier molecular flexibility index (Phi) is 6.02. The van der Waals surface area contributed by atoms with E-state index < -0.39 is 17.8 Å². The molecule has 0 radical (unpaired) electrons. The molecule has 0 heterocycles. The Labute approximate surface area is 119 Å². The van der Waals surface area contributed by atoms with Gasteiger partial charge < -0.3 is 9.47 Å². The van der Waals surface area contributed by atoms with Crippen LogP contribution in [-0.4, -0.2) is 31.0 Å². The normalized spacial score (nSPS) is 9.50. The third kappa shape index (κ3) is 4.27. The lowest BCUT2D eigenvalue weighted by Crippen LogP contribution is -2.45. The molecule has 1 rings (SSSR count). The Morgan fingerprint density at radius 2 is 1.80 bits per heavy atom. The number of carbonyl (C=O) groups is 3. The van der Waals surface area contributed by atoms with E-state index >= 15 is 0 Å². The molecule has 0 aromatic heterocycles. The second-order valence-corrected chi connectivity index (χ2v) is 3.56. The number of ether oxygens (including phenoxy) is 2. The number of hydrogen-bond donors (Lipinski definition) is 2. The molecule has 0 aliphatic carbocycles. The molecule has 0 unspecified atom stereocenters. The van der Waals surface area contributed by atoms with E-state index in [1.807, 2.05) is 5.43 Å². The predicted molar refractivity (Wildman–Crippen MR) is 74.1 cm³/mol. The second-order valence-electron chi connectivity index (χ2n) is 3.56. The van der Waals surface area contributed by atoms with Crippen molar-refractivity contribution < 1.29 is 26.7 Å². The molecule has 0 saturated carbocycles. The minimum Gasteiger partial charge on any atom is -0.493 e. The minimum absolute atomic E-state index is 0. The largest absolute Gasteiger partial charge is 0.493 e. The minimum atomic E-state index is -1.06. The zero-order valence-electron chi connectivity index (χ0n) is 11.3. The molecule has 7 nitrogen and oxygen atoms in total. The van der Waals surface area contributed by atoms with Crippen LogP contribution in [0.4, 0.5) is 0 Å². The van der Waals surface area contributed by atoms with E-state index in [0.29, 0.717) is 12.4 Å². The predicted octanol–water partition coefficient (Wildman–Crippen LogP) is 0.901. The average Bonchev–Trinajstić information content (AvgIpc) is 2.45. The van der Waals surface area contributed by atoms with Crippen molar-refractivity contribution in [3.05, 3.63) is 29.8 Å². The van der Waals surface area contributed by atoms with Gasteiger partial charge in [-0.2, -0.15) is 0 Å². The van der Waals surface area contributed by atoms with E-state index in [4.69, 9.17) is 4.74 Å². The number of amides is 2. The zero-order chi connectivity index (χ0) is 15.0. The lowest BCUT2D eigenvalue weighted by Gasteiger charge is -2.10. The molecule has 1 aromatic carbocycles. The smallest absolute Gasteiger partial charge is 0.398 e. The summed E-state index contributed by atoms with van der Waals surface area (Å²) < 4.78 is 9.76. The summed E-state index contributed by atoms with van der Waals surface area (Å²) in [5, 5.41) is 0. The molecule has 1 aromatic rings. The van der Waals surface area contributed by atoms with Crippen molar-refractivity contribution in [2.45, 2.75) is 13.8 Å². The number of nitrogens with one attached hydrogen (secondary N) is 2. The molecule has 112 valence electrons. The molecule has 0 saturated heterocycles. The number of hydrogen-bond acceptors (Lipinski definition) is 5. The topological polar surface area (TPSA) is 93.7 Å². The SMILES string of the molecule is CCOC(=O)C(=O)NNC(=O)c1ccccc1OCC.[HH].[HH]. The average molecular weight is 284 g/mol. The van der Waals surface area contributed by atoms with Crippen molar-refractivity contribution in [3.63, 3.8) is 0 Å². The van der Waals surface area contributed by atoms with Crippen molar-refractivity contribution in [1.29, 1.82) is 0 Å². The maximum absolute atomic E-state index is 11.9. The van der Waals surface area contributed by atoms with Crippen molar-refractivity contribution in [3.8, 4) is 5.75 Å². The summed E-state index contributed by atoms with van der Waals surface area (Å²) in [6.07, 6.45) is 0. The van der Waals surface area contributed by atoms with Gasteiger partial charge >= 0.3 is 11.9 Å². The molecular weight excluding hydrogens is 264 g/mol. The van der Waals surface area contributed by atoms with Crippen LogP contribution >= 0.6 is 0 Å². The highest BCUT2D eigenvalue weighted by Gasteiger charge is 2.17. The van der Waals surface area contributed by atoms with Gasteiger partial charge in [-0.3, -0.25) is 20.4 Å². The third-order valence-electron chi connectivity index (χ3n) is 2.18. The molecule has 0 fully saturated rings. The fourth-order valence-electron chi connectivity index (χ4n) is 1.36. The van der Waals surface area contributed by atoms with Crippen molar-refractivity contribution >= 4 is 17.8 Å². The van der Waals surface area contributed by atoms with Gasteiger partial charge in [-0.1, -0.05) is 12.1 Å². The highest BCUT2D eigenvalue weighted by atomic mass is 16.5. The van der Waals surface area contributed by atoms with Crippen molar-refractivity contribution in [1.82, 2.24) is 10.9 Å². The summed E-state index contributed by atoms with van der Waals surface area (Å²) in [5.74, 6) is -2.32. The Morgan fingerprint density at radius 3 is 2.45 bits per heavy atom. The van der Waals surface area contributed by atoms with Crippen LogP contribution in [0.25, 0.3) is 0 Å². The standard InChI is InChI=1S/C13H16N2O5.2H2/c1-3-19-10-8-6-5-7-9(10)11(16)14-15-12(17)13(18)20-4-2;;/h5-8H,3-4H2,1-2H3,(H,14,16)(H,15,17);2*1H.